The number of nitrogens with one attached hydrogen (secondary N) is 1. The molecule has 2 unspecified atom stereocenters. The van der Waals surface area contributed by atoms with Crippen LogP contribution in [0.2, 0.25) is 0 Å². The predicted octanol–water partition coefficient (Wildman–Crippen LogP) is 15.9. The molecular formula is C65H50N6. The number of allylic oxidation sites excluding steroid dienone is 6. The van der Waals surface area contributed by atoms with Crippen LogP contribution >= 0.6 is 0 Å². The van der Waals surface area contributed by atoms with Crippen molar-refractivity contribution in [3.63, 3.8) is 0 Å². The fourth-order valence-electron chi connectivity index (χ4n) is 11.9. The van der Waals surface area contributed by atoms with E-state index in [4.69, 9.17) is 4.98 Å². The Balaban J connectivity index is 1.04. The summed E-state index contributed by atoms with van der Waals surface area (Å²) in [6, 6.07) is 64.1. The highest BCUT2D eigenvalue weighted by Gasteiger charge is 2.28. The van der Waals surface area contributed by atoms with Crippen molar-refractivity contribution in [1.82, 2.24) is 28.6 Å². The molecule has 0 saturated carbocycles. The summed E-state index contributed by atoms with van der Waals surface area (Å²) in [5, 5.41) is 12.4. The first-order valence-electron chi connectivity index (χ1n) is 24.9. The molecule has 12 aromatic rings. The SMILES string of the molecule is C/C=C\C=C/C(C)C1C=C(n2c3ccccc3c3c4c(ccc32)c2c(n4-c3cccc(-n4c5ccccc5c5ccc6c7ccccc7n(-c7ccccc7)c6c54)n3)CCC=C2)C=C(c2ccccc2)N1. The molecule has 6 nitrogen and oxygen atoms in total. The lowest BCUT2D eigenvalue weighted by molar-refractivity contribution is 0.567. The molecule has 0 amide bonds. The molecule has 1 aliphatic heterocycles. The summed E-state index contributed by atoms with van der Waals surface area (Å²) in [5.41, 5.74) is 15.3. The molecular weight excluding hydrogens is 865 g/mol. The lowest BCUT2D eigenvalue weighted by Crippen LogP contribution is -2.34. The molecule has 6 heteroatoms. The van der Waals surface area contributed by atoms with Crippen LogP contribution in [0.25, 0.3) is 111 Å². The zero-order valence-electron chi connectivity index (χ0n) is 39.7. The van der Waals surface area contributed by atoms with Crippen LogP contribution in [-0.4, -0.2) is 29.3 Å². The zero-order chi connectivity index (χ0) is 47.2. The summed E-state index contributed by atoms with van der Waals surface area (Å²) in [7, 11) is 0. The number of rotatable bonds is 8. The summed E-state index contributed by atoms with van der Waals surface area (Å²) < 4.78 is 9.86. The fraction of sp³-hybridized carbons (Fsp3) is 0.0923. The van der Waals surface area contributed by atoms with E-state index < -0.39 is 0 Å². The number of hydrogen-bond acceptors (Lipinski definition) is 2. The van der Waals surface area contributed by atoms with E-state index in [-0.39, 0.29) is 12.0 Å². The van der Waals surface area contributed by atoms with E-state index in [9.17, 15) is 0 Å². The fourth-order valence-corrected chi connectivity index (χ4v) is 11.9. The minimum Gasteiger partial charge on any atom is -0.378 e. The summed E-state index contributed by atoms with van der Waals surface area (Å²) in [6.45, 7) is 4.36. The lowest BCUT2D eigenvalue weighted by Gasteiger charge is -2.29. The standard InChI is InChI=1S/C65H50N6/c1-3-4-7-21-42(2)53-40-45(41-54(66-53)43-22-8-5-9-23-43)68-58-33-19-15-29-52(58)62-59(68)39-38-49-46-26-13-17-31-56(46)70(63(49)62)60-34-20-35-61(67-60)71-57-32-18-14-28-48(57)51-37-36-50-47-27-12-16-30-55(47)69(64(50)65(51)71)44-24-10-6-11-25-44/h3-16,18-30,32-42,53,66H,17,31H2,1-2H3/b4-3-,21-7-. The van der Waals surface area contributed by atoms with Gasteiger partial charge in [0, 0.05) is 66.0 Å². The number of benzene rings is 7. The van der Waals surface area contributed by atoms with Crippen molar-refractivity contribution >= 4 is 93.8 Å². The second kappa shape index (κ2) is 16.4. The van der Waals surface area contributed by atoms with Crippen molar-refractivity contribution in [1.29, 1.82) is 0 Å². The quantitative estimate of drug-likeness (QED) is 0.154. The summed E-state index contributed by atoms with van der Waals surface area (Å²) in [5.74, 6) is 2.02. The van der Waals surface area contributed by atoms with Crippen molar-refractivity contribution in [2.45, 2.75) is 32.7 Å². The number of aromatic nitrogens is 5. The van der Waals surface area contributed by atoms with E-state index in [1.165, 1.54) is 82.1 Å². The molecule has 71 heavy (non-hydrogen) atoms. The van der Waals surface area contributed by atoms with E-state index in [0.29, 0.717) is 0 Å². The number of dihydropyridines is 1. The first-order chi connectivity index (χ1) is 35.1. The first-order valence-corrected chi connectivity index (χ1v) is 24.9. The number of pyridine rings is 1. The van der Waals surface area contributed by atoms with Crippen LogP contribution in [0.1, 0.15) is 37.1 Å². The van der Waals surface area contributed by atoms with Crippen molar-refractivity contribution < 1.29 is 0 Å². The van der Waals surface area contributed by atoms with Gasteiger partial charge in [0.05, 0.1) is 44.7 Å². The van der Waals surface area contributed by atoms with Crippen molar-refractivity contribution in [3.05, 3.63) is 235 Å². The Bertz CT molecular complexity index is 4280. The summed E-state index contributed by atoms with van der Waals surface area (Å²) in [4.78, 5) is 5.81. The maximum absolute atomic E-state index is 5.81. The molecule has 0 fully saturated rings. The molecule has 1 aliphatic carbocycles. The Labute approximate surface area is 411 Å². The topological polar surface area (TPSA) is 44.6 Å². The van der Waals surface area contributed by atoms with Gasteiger partial charge in [-0.3, -0.25) is 9.13 Å². The highest BCUT2D eigenvalue weighted by Crippen LogP contribution is 2.45. The average molecular weight is 915 g/mol. The third-order valence-corrected chi connectivity index (χ3v) is 15.0. The molecule has 14 rings (SSSR count). The molecule has 6 heterocycles. The minimum absolute atomic E-state index is 0.0657. The Hall–Kier alpha value is -8.87. The number of nitrogens with zero attached hydrogens (tertiary/aromatic N) is 5. The van der Waals surface area contributed by atoms with Crippen LogP contribution in [0.3, 0.4) is 0 Å². The lowest BCUT2D eigenvalue weighted by atomic mass is 9.95. The largest absolute Gasteiger partial charge is 0.378 e. The van der Waals surface area contributed by atoms with Gasteiger partial charge >= 0.3 is 0 Å². The van der Waals surface area contributed by atoms with Crippen LogP contribution in [0.15, 0.2) is 218 Å². The minimum atomic E-state index is 0.0657. The molecule has 0 spiro atoms. The Morgan fingerprint density at radius 3 is 1.90 bits per heavy atom. The Morgan fingerprint density at radius 2 is 1.17 bits per heavy atom. The number of hydrogen-bond donors (Lipinski definition) is 1. The highest BCUT2D eigenvalue weighted by molar-refractivity contribution is 6.25. The van der Waals surface area contributed by atoms with Gasteiger partial charge in [-0.1, -0.05) is 171 Å². The van der Waals surface area contributed by atoms with Crippen molar-refractivity contribution in [3.8, 4) is 17.3 Å². The highest BCUT2D eigenvalue weighted by atomic mass is 15.2. The van der Waals surface area contributed by atoms with Gasteiger partial charge in [0.25, 0.3) is 0 Å². The third kappa shape index (κ3) is 6.30. The molecule has 0 radical (unpaired) electrons. The summed E-state index contributed by atoms with van der Waals surface area (Å²) in [6.07, 6.45) is 20.0. The Morgan fingerprint density at radius 1 is 0.549 bits per heavy atom. The first kappa shape index (κ1) is 41.1. The van der Waals surface area contributed by atoms with Gasteiger partial charge in [0.1, 0.15) is 11.6 Å². The van der Waals surface area contributed by atoms with Gasteiger partial charge in [0.15, 0.2) is 0 Å². The molecule has 7 aromatic carbocycles. The second-order valence-corrected chi connectivity index (χ2v) is 19.1. The summed E-state index contributed by atoms with van der Waals surface area (Å²) >= 11 is 0. The van der Waals surface area contributed by atoms with E-state index in [2.05, 4.69) is 262 Å². The average Bonchev–Trinajstić information content (AvgIpc) is 4.16. The molecule has 340 valence electrons. The van der Waals surface area contributed by atoms with Crippen molar-refractivity contribution in [2.24, 2.45) is 5.92 Å². The van der Waals surface area contributed by atoms with Crippen LogP contribution in [0, 0.1) is 5.92 Å². The van der Waals surface area contributed by atoms with E-state index in [1.54, 1.807) is 0 Å². The normalized spacial score (nSPS) is 15.5. The molecule has 2 atom stereocenters. The molecule has 2 aliphatic rings. The Kier molecular flexibility index (Phi) is 9.49. The molecule has 0 bridgehead atoms. The van der Waals surface area contributed by atoms with E-state index >= 15 is 0 Å². The third-order valence-electron chi connectivity index (χ3n) is 15.0. The predicted molar refractivity (Wildman–Crippen MR) is 299 cm³/mol. The molecule has 5 aromatic heterocycles. The van der Waals surface area contributed by atoms with Crippen LogP contribution in [-0.2, 0) is 6.42 Å². The van der Waals surface area contributed by atoms with Crippen LogP contribution in [0.5, 0.6) is 0 Å². The van der Waals surface area contributed by atoms with Crippen LogP contribution in [0.4, 0.5) is 0 Å². The molecule has 0 saturated heterocycles. The number of fused-ring (bicyclic) bond motifs is 14. The van der Waals surface area contributed by atoms with E-state index in [0.717, 1.165) is 52.6 Å². The van der Waals surface area contributed by atoms with E-state index in [1.807, 2.05) is 0 Å². The van der Waals surface area contributed by atoms with Gasteiger partial charge in [-0.15, -0.1) is 0 Å². The maximum atomic E-state index is 5.81. The zero-order valence-corrected chi connectivity index (χ0v) is 39.7. The number of para-hydroxylation sites is 4. The van der Waals surface area contributed by atoms with Crippen molar-refractivity contribution in [2.75, 3.05) is 0 Å². The maximum Gasteiger partial charge on any atom is 0.140 e. The smallest absolute Gasteiger partial charge is 0.140 e. The molecule has 1 N–H and O–H groups in total. The monoisotopic (exact) mass is 914 g/mol. The van der Waals surface area contributed by atoms with Gasteiger partial charge in [-0.2, -0.15) is 0 Å². The van der Waals surface area contributed by atoms with Crippen LogP contribution < -0.4 is 5.32 Å². The van der Waals surface area contributed by atoms with Gasteiger partial charge in [-0.05, 0) is 91.9 Å². The second-order valence-electron chi connectivity index (χ2n) is 19.1. The van der Waals surface area contributed by atoms with Gasteiger partial charge in [0.2, 0.25) is 0 Å². The van der Waals surface area contributed by atoms with Gasteiger partial charge < -0.3 is 14.5 Å². The van der Waals surface area contributed by atoms with Gasteiger partial charge in [-0.25, -0.2) is 4.98 Å².